The number of anilines is 2. The van der Waals surface area contributed by atoms with E-state index in [0.717, 1.165) is 11.4 Å². The third-order valence-electron chi connectivity index (χ3n) is 3.36. The van der Waals surface area contributed by atoms with Crippen LogP contribution in [0, 0.1) is 6.92 Å². The standard InChI is InChI=1S/C15H21N5O/c1-10(16-3)12-5-7-13(8-6-12)17-15(21)18-14-9-20(4)19-11(14)2/h5-10,16H,1-4H3,(H2,17,18,21). The van der Waals surface area contributed by atoms with Gasteiger partial charge in [0.25, 0.3) is 0 Å². The third kappa shape index (κ3) is 3.82. The van der Waals surface area contributed by atoms with Crippen LogP contribution in [0.1, 0.15) is 24.2 Å². The van der Waals surface area contributed by atoms with Crippen molar-refractivity contribution in [3.8, 4) is 0 Å². The van der Waals surface area contributed by atoms with E-state index in [1.807, 2.05) is 45.3 Å². The van der Waals surface area contributed by atoms with Crippen LogP contribution in [0.15, 0.2) is 30.5 Å². The first-order valence-electron chi connectivity index (χ1n) is 6.85. The normalized spacial score (nSPS) is 12.0. The van der Waals surface area contributed by atoms with Crippen molar-refractivity contribution in [2.45, 2.75) is 19.9 Å². The van der Waals surface area contributed by atoms with Crippen molar-refractivity contribution in [2.24, 2.45) is 7.05 Å². The molecule has 1 unspecified atom stereocenters. The van der Waals surface area contributed by atoms with Gasteiger partial charge in [-0.05, 0) is 38.6 Å². The summed E-state index contributed by atoms with van der Waals surface area (Å²) in [6.45, 7) is 3.93. The van der Waals surface area contributed by atoms with Crippen molar-refractivity contribution < 1.29 is 4.79 Å². The molecule has 2 aromatic rings. The Bertz CT molecular complexity index is 617. The average molecular weight is 287 g/mol. The summed E-state index contributed by atoms with van der Waals surface area (Å²) in [5.41, 5.74) is 3.41. The highest BCUT2D eigenvalue weighted by Gasteiger charge is 2.08. The molecule has 2 amide bonds. The number of nitrogens with one attached hydrogen (secondary N) is 3. The second kappa shape index (κ2) is 6.41. The number of carbonyl (C=O) groups excluding carboxylic acids is 1. The number of urea groups is 1. The van der Waals surface area contributed by atoms with Gasteiger partial charge in [0.1, 0.15) is 0 Å². The molecular formula is C15H21N5O. The summed E-state index contributed by atoms with van der Waals surface area (Å²) in [4.78, 5) is 11.9. The third-order valence-corrected chi connectivity index (χ3v) is 3.36. The van der Waals surface area contributed by atoms with Gasteiger partial charge in [0.05, 0.1) is 11.4 Å². The zero-order chi connectivity index (χ0) is 15.4. The van der Waals surface area contributed by atoms with Crippen molar-refractivity contribution in [3.63, 3.8) is 0 Å². The van der Waals surface area contributed by atoms with Crippen molar-refractivity contribution in [1.82, 2.24) is 15.1 Å². The monoisotopic (exact) mass is 287 g/mol. The van der Waals surface area contributed by atoms with Crippen molar-refractivity contribution >= 4 is 17.4 Å². The molecule has 0 fully saturated rings. The zero-order valence-electron chi connectivity index (χ0n) is 12.8. The minimum Gasteiger partial charge on any atom is -0.313 e. The predicted octanol–water partition coefficient (Wildman–Crippen LogP) is 2.65. The van der Waals surface area contributed by atoms with E-state index in [1.165, 1.54) is 5.56 Å². The molecule has 6 heteroatoms. The minimum absolute atomic E-state index is 0.277. The summed E-state index contributed by atoms with van der Waals surface area (Å²) in [5, 5.41) is 12.9. The van der Waals surface area contributed by atoms with E-state index in [2.05, 4.69) is 28.0 Å². The molecule has 1 aromatic heterocycles. The first-order chi connectivity index (χ1) is 9.99. The Morgan fingerprint density at radius 2 is 1.90 bits per heavy atom. The molecule has 0 saturated heterocycles. The second-order valence-corrected chi connectivity index (χ2v) is 5.01. The maximum atomic E-state index is 11.9. The molecule has 1 heterocycles. The van der Waals surface area contributed by atoms with Crippen LogP contribution < -0.4 is 16.0 Å². The van der Waals surface area contributed by atoms with E-state index in [1.54, 1.807) is 10.9 Å². The molecule has 6 nitrogen and oxygen atoms in total. The molecule has 1 aromatic carbocycles. The van der Waals surface area contributed by atoms with Crippen molar-refractivity contribution in [3.05, 3.63) is 41.7 Å². The summed E-state index contributed by atoms with van der Waals surface area (Å²) in [5.74, 6) is 0. The molecule has 3 N–H and O–H groups in total. The summed E-state index contributed by atoms with van der Waals surface area (Å²) in [6.07, 6.45) is 1.77. The first-order valence-corrected chi connectivity index (χ1v) is 6.85. The molecule has 0 aliphatic heterocycles. The summed E-state index contributed by atoms with van der Waals surface area (Å²) < 4.78 is 1.67. The van der Waals surface area contributed by atoms with Gasteiger partial charge in [-0.2, -0.15) is 5.10 Å². The van der Waals surface area contributed by atoms with E-state index in [0.29, 0.717) is 5.69 Å². The number of rotatable bonds is 4. The zero-order valence-corrected chi connectivity index (χ0v) is 12.8. The maximum absolute atomic E-state index is 11.9. The number of carbonyl (C=O) groups is 1. The lowest BCUT2D eigenvalue weighted by molar-refractivity contribution is 0.262. The number of hydrogen-bond acceptors (Lipinski definition) is 3. The molecule has 0 saturated carbocycles. The number of benzene rings is 1. The average Bonchev–Trinajstić information content (AvgIpc) is 2.76. The fraction of sp³-hybridized carbons (Fsp3) is 0.333. The van der Waals surface area contributed by atoms with Gasteiger partial charge in [-0.1, -0.05) is 12.1 Å². The van der Waals surface area contributed by atoms with E-state index in [4.69, 9.17) is 0 Å². The van der Waals surface area contributed by atoms with Gasteiger partial charge in [-0.3, -0.25) is 4.68 Å². The lowest BCUT2D eigenvalue weighted by atomic mass is 10.1. The Kier molecular flexibility index (Phi) is 4.59. The van der Waals surface area contributed by atoms with Crippen molar-refractivity contribution in [2.75, 3.05) is 17.7 Å². The molecule has 21 heavy (non-hydrogen) atoms. The Balaban J connectivity index is 1.98. The highest BCUT2D eigenvalue weighted by Crippen LogP contribution is 2.16. The number of aryl methyl sites for hydroxylation is 2. The number of hydrogen-bond donors (Lipinski definition) is 3. The fourth-order valence-corrected chi connectivity index (χ4v) is 2.03. The molecular weight excluding hydrogens is 266 g/mol. The van der Waals surface area contributed by atoms with Crippen LogP contribution in [0.25, 0.3) is 0 Å². The predicted molar refractivity (Wildman–Crippen MR) is 84.5 cm³/mol. The van der Waals surface area contributed by atoms with Crippen LogP contribution in [0.2, 0.25) is 0 Å². The first kappa shape index (κ1) is 15.1. The van der Waals surface area contributed by atoms with Crippen molar-refractivity contribution in [1.29, 1.82) is 0 Å². The molecule has 1 atom stereocenters. The fourth-order valence-electron chi connectivity index (χ4n) is 2.03. The van der Waals surface area contributed by atoms with Crippen LogP contribution in [0.4, 0.5) is 16.2 Å². The van der Waals surface area contributed by atoms with Crippen LogP contribution in [0.5, 0.6) is 0 Å². The SMILES string of the molecule is CNC(C)c1ccc(NC(=O)Nc2cn(C)nc2C)cc1. The molecule has 0 bridgehead atoms. The lowest BCUT2D eigenvalue weighted by Crippen LogP contribution is -2.19. The Hall–Kier alpha value is -2.34. The van der Waals surface area contributed by atoms with Gasteiger partial charge in [0, 0.05) is 25.0 Å². The second-order valence-electron chi connectivity index (χ2n) is 5.01. The Morgan fingerprint density at radius 1 is 1.24 bits per heavy atom. The van der Waals surface area contributed by atoms with E-state index < -0.39 is 0 Å². The number of aromatic nitrogens is 2. The van der Waals surface area contributed by atoms with E-state index in [-0.39, 0.29) is 12.1 Å². The molecule has 2 rings (SSSR count). The Morgan fingerprint density at radius 3 is 2.43 bits per heavy atom. The van der Waals surface area contributed by atoms with Gasteiger partial charge < -0.3 is 16.0 Å². The highest BCUT2D eigenvalue weighted by atomic mass is 16.2. The van der Waals surface area contributed by atoms with E-state index >= 15 is 0 Å². The summed E-state index contributed by atoms with van der Waals surface area (Å²) in [7, 11) is 3.73. The van der Waals surface area contributed by atoms with E-state index in [9.17, 15) is 4.79 Å². The van der Waals surface area contributed by atoms with Gasteiger partial charge in [0.15, 0.2) is 0 Å². The van der Waals surface area contributed by atoms with Gasteiger partial charge in [-0.25, -0.2) is 4.79 Å². The summed E-state index contributed by atoms with van der Waals surface area (Å²) in [6, 6.07) is 7.77. The van der Waals surface area contributed by atoms with Crippen LogP contribution in [0.3, 0.4) is 0 Å². The molecule has 112 valence electrons. The largest absolute Gasteiger partial charge is 0.323 e. The van der Waals surface area contributed by atoms with Gasteiger partial charge in [0.2, 0.25) is 0 Å². The smallest absolute Gasteiger partial charge is 0.313 e. The van der Waals surface area contributed by atoms with Crippen LogP contribution >= 0.6 is 0 Å². The van der Waals surface area contributed by atoms with Gasteiger partial charge >= 0.3 is 6.03 Å². The lowest BCUT2D eigenvalue weighted by Gasteiger charge is -2.12. The quantitative estimate of drug-likeness (QED) is 0.809. The topological polar surface area (TPSA) is 71.0 Å². The van der Waals surface area contributed by atoms with Crippen LogP contribution in [-0.2, 0) is 7.05 Å². The molecule has 0 aliphatic rings. The Labute approximate surface area is 124 Å². The molecule has 0 radical (unpaired) electrons. The number of amides is 2. The minimum atomic E-state index is -0.277. The van der Waals surface area contributed by atoms with Crippen LogP contribution in [-0.4, -0.2) is 22.9 Å². The maximum Gasteiger partial charge on any atom is 0.323 e. The summed E-state index contributed by atoms with van der Waals surface area (Å²) >= 11 is 0. The highest BCUT2D eigenvalue weighted by molar-refractivity contribution is 5.99. The van der Waals surface area contributed by atoms with Gasteiger partial charge in [-0.15, -0.1) is 0 Å². The molecule has 0 aliphatic carbocycles. The molecule has 0 spiro atoms. The number of nitrogens with zero attached hydrogens (tertiary/aromatic N) is 2.